The van der Waals surface area contributed by atoms with Gasteiger partial charge in [-0.2, -0.15) is 0 Å². The standard InChI is InChI=1S/C25H44N2O5/c1-24(2,3)31-22(29)26-15-11-19(12-16-26)7-9-21(28)10-8-20-13-17-27(18-14-20)23(30)32-25(4,5)6/h19-20H,7-18H2,1-6H3. The first-order valence-corrected chi connectivity index (χ1v) is 12.3. The Morgan fingerprint density at radius 2 is 0.969 bits per heavy atom. The zero-order valence-corrected chi connectivity index (χ0v) is 21.1. The lowest BCUT2D eigenvalue weighted by Gasteiger charge is -2.33. The first kappa shape index (κ1) is 26.5. The molecule has 2 aliphatic rings. The highest BCUT2D eigenvalue weighted by Gasteiger charge is 2.28. The molecule has 0 aromatic rings. The lowest BCUT2D eigenvalue weighted by molar-refractivity contribution is -0.119. The molecule has 0 aliphatic carbocycles. The number of carbonyl (C=O) groups excluding carboxylic acids is 3. The number of nitrogens with zero attached hydrogens (tertiary/aromatic N) is 2. The van der Waals surface area contributed by atoms with E-state index in [1.165, 1.54) is 0 Å². The average molecular weight is 453 g/mol. The van der Waals surface area contributed by atoms with Crippen LogP contribution >= 0.6 is 0 Å². The van der Waals surface area contributed by atoms with E-state index in [2.05, 4.69) is 0 Å². The van der Waals surface area contributed by atoms with E-state index in [0.717, 1.165) is 38.5 Å². The van der Waals surface area contributed by atoms with Gasteiger partial charge in [-0.15, -0.1) is 0 Å². The molecule has 32 heavy (non-hydrogen) atoms. The lowest BCUT2D eigenvalue weighted by atomic mass is 9.88. The van der Waals surface area contributed by atoms with Gasteiger partial charge in [0, 0.05) is 39.0 Å². The molecule has 0 unspecified atom stereocenters. The van der Waals surface area contributed by atoms with Gasteiger partial charge in [-0.25, -0.2) is 9.59 Å². The molecule has 0 saturated carbocycles. The Morgan fingerprint density at radius 3 is 1.25 bits per heavy atom. The highest BCUT2D eigenvalue weighted by atomic mass is 16.6. The number of ketones is 1. The molecule has 184 valence electrons. The van der Waals surface area contributed by atoms with Gasteiger partial charge in [-0.05, 0) is 91.9 Å². The Labute approximate surface area is 194 Å². The van der Waals surface area contributed by atoms with E-state index < -0.39 is 11.2 Å². The third-order valence-electron chi connectivity index (χ3n) is 6.20. The summed E-state index contributed by atoms with van der Waals surface area (Å²) < 4.78 is 10.9. The van der Waals surface area contributed by atoms with Crippen LogP contribution < -0.4 is 0 Å². The van der Waals surface area contributed by atoms with Crippen LogP contribution in [0.2, 0.25) is 0 Å². The van der Waals surface area contributed by atoms with Crippen molar-refractivity contribution in [1.82, 2.24) is 9.80 Å². The molecule has 0 aromatic heterocycles. The predicted octanol–water partition coefficient (Wildman–Crippen LogP) is 5.41. The third-order valence-corrected chi connectivity index (χ3v) is 6.20. The van der Waals surface area contributed by atoms with Gasteiger partial charge >= 0.3 is 12.2 Å². The van der Waals surface area contributed by atoms with E-state index in [1.54, 1.807) is 9.80 Å². The second-order valence-electron chi connectivity index (χ2n) is 11.4. The maximum Gasteiger partial charge on any atom is 0.410 e. The smallest absolute Gasteiger partial charge is 0.410 e. The fourth-order valence-corrected chi connectivity index (χ4v) is 4.32. The quantitative estimate of drug-likeness (QED) is 0.538. The van der Waals surface area contributed by atoms with Crippen molar-refractivity contribution in [3.63, 3.8) is 0 Å². The zero-order valence-electron chi connectivity index (χ0n) is 21.1. The molecule has 7 nitrogen and oxygen atoms in total. The topological polar surface area (TPSA) is 76.2 Å². The molecule has 2 heterocycles. The van der Waals surface area contributed by atoms with Gasteiger partial charge in [0.2, 0.25) is 0 Å². The molecule has 0 radical (unpaired) electrons. The van der Waals surface area contributed by atoms with Crippen LogP contribution in [0.5, 0.6) is 0 Å². The summed E-state index contributed by atoms with van der Waals surface area (Å²) in [6.07, 6.45) is 6.39. The maximum absolute atomic E-state index is 12.4. The summed E-state index contributed by atoms with van der Waals surface area (Å²) in [7, 11) is 0. The number of hydrogen-bond acceptors (Lipinski definition) is 5. The minimum atomic E-state index is -0.466. The number of likely N-dealkylation sites (tertiary alicyclic amines) is 2. The van der Waals surface area contributed by atoms with Crippen LogP contribution in [0.3, 0.4) is 0 Å². The Hall–Kier alpha value is -1.79. The molecule has 0 bridgehead atoms. The Balaban J connectivity index is 1.58. The van der Waals surface area contributed by atoms with E-state index in [4.69, 9.17) is 9.47 Å². The second-order valence-corrected chi connectivity index (χ2v) is 11.4. The van der Waals surface area contributed by atoms with Gasteiger partial charge < -0.3 is 19.3 Å². The lowest BCUT2D eigenvalue weighted by Crippen LogP contribution is -2.41. The van der Waals surface area contributed by atoms with Gasteiger partial charge in [0.15, 0.2) is 0 Å². The average Bonchev–Trinajstić information content (AvgIpc) is 2.69. The fourth-order valence-electron chi connectivity index (χ4n) is 4.32. The number of ether oxygens (including phenoxy) is 2. The third kappa shape index (κ3) is 9.78. The summed E-state index contributed by atoms with van der Waals surface area (Å²) in [6.45, 7) is 14.1. The molecule has 2 aliphatic heterocycles. The number of rotatable bonds is 6. The largest absolute Gasteiger partial charge is 0.444 e. The number of Topliss-reactive ketones (excluding diaryl/α,β-unsaturated/α-hetero) is 1. The molecule has 0 spiro atoms. The van der Waals surface area contributed by atoms with Gasteiger partial charge in [0.1, 0.15) is 17.0 Å². The zero-order chi connectivity index (χ0) is 23.9. The van der Waals surface area contributed by atoms with E-state index in [9.17, 15) is 14.4 Å². The minimum Gasteiger partial charge on any atom is -0.444 e. The minimum absolute atomic E-state index is 0.232. The molecule has 2 saturated heterocycles. The molecular weight excluding hydrogens is 408 g/mol. The molecule has 2 fully saturated rings. The van der Waals surface area contributed by atoms with Gasteiger partial charge in [0.25, 0.3) is 0 Å². The van der Waals surface area contributed by atoms with E-state index in [-0.39, 0.29) is 12.2 Å². The fraction of sp³-hybridized carbons (Fsp3) is 0.880. The summed E-state index contributed by atoms with van der Waals surface area (Å²) in [5, 5.41) is 0. The summed E-state index contributed by atoms with van der Waals surface area (Å²) >= 11 is 0. The first-order chi connectivity index (χ1) is 14.8. The molecular formula is C25H44N2O5. The Bertz CT molecular complexity index is 580. The van der Waals surface area contributed by atoms with Crippen molar-refractivity contribution in [3.8, 4) is 0 Å². The van der Waals surface area contributed by atoms with Crippen LogP contribution in [-0.4, -0.2) is 65.2 Å². The Morgan fingerprint density at radius 1 is 0.656 bits per heavy atom. The normalized spacial score (nSPS) is 19.1. The number of amides is 2. The van der Waals surface area contributed by atoms with Crippen LogP contribution in [0.4, 0.5) is 9.59 Å². The van der Waals surface area contributed by atoms with Crippen molar-refractivity contribution < 1.29 is 23.9 Å². The van der Waals surface area contributed by atoms with Crippen LogP contribution in [0, 0.1) is 11.8 Å². The second kappa shape index (κ2) is 11.4. The van der Waals surface area contributed by atoms with Gasteiger partial charge in [-0.3, -0.25) is 4.79 Å². The Kier molecular flexibility index (Phi) is 9.40. The SMILES string of the molecule is CC(C)(C)OC(=O)N1CCC(CCC(=O)CCC2CCN(C(=O)OC(C)(C)C)CC2)CC1. The van der Waals surface area contributed by atoms with Crippen molar-refractivity contribution in [2.75, 3.05) is 26.2 Å². The van der Waals surface area contributed by atoms with E-state index in [1.807, 2.05) is 41.5 Å². The van der Waals surface area contributed by atoms with Crippen molar-refractivity contribution in [2.45, 2.75) is 104 Å². The molecule has 0 atom stereocenters. The van der Waals surface area contributed by atoms with Crippen LogP contribution in [-0.2, 0) is 14.3 Å². The van der Waals surface area contributed by atoms with Crippen molar-refractivity contribution in [3.05, 3.63) is 0 Å². The van der Waals surface area contributed by atoms with Gasteiger partial charge in [0.05, 0.1) is 0 Å². The summed E-state index contributed by atoms with van der Waals surface area (Å²) in [5.41, 5.74) is -0.931. The van der Waals surface area contributed by atoms with Crippen LogP contribution in [0.25, 0.3) is 0 Å². The van der Waals surface area contributed by atoms with Crippen molar-refractivity contribution >= 4 is 18.0 Å². The number of carbonyl (C=O) groups is 3. The molecule has 7 heteroatoms. The molecule has 2 amide bonds. The predicted molar refractivity (Wildman–Crippen MR) is 125 cm³/mol. The first-order valence-electron chi connectivity index (χ1n) is 12.3. The van der Waals surface area contributed by atoms with E-state index in [0.29, 0.717) is 56.6 Å². The van der Waals surface area contributed by atoms with Crippen LogP contribution in [0.15, 0.2) is 0 Å². The highest BCUT2D eigenvalue weighted by molar-refractivity contribution is 5.78. The summed E-state index contributed by atoms with van der Waals surface area (Å²) in [6, 6.07) is 0. The number of hydrogen-bond donors (Lipinski definition) is 0. The maximum atomic E-state index is 12.4. The molecule has 0 N–H and O–H groups in total. The van der Waals surface area contributed by atoms with Crippen LogP contribution in [0.1, 0.15) is 92.9 Å². The summed E-state index contributed by atoms with van der Waals surface area (Å²) in [4.78, 5) is 40.3. The molecule has 0 aromatic carbocycles. The highest BCUT2D eigenvalue weighted by Crippen LogP contribution is 2.26. The molecule has 2 rings (SSSR count). The number of piperidine rings is 2. The van der Waals surface area contributed by atoms with Gasteiger partial charge in [-0.1, -0.05) is 0 Å². The summed E-state index contributed by atoms with van der Waals surface area (Å²) in [5.74, 6) is 1.36. The van der Waals surface area contributed by atoms with E-state index >= 15 is 0 Å². The monoisotopic (exact) mass is 452 g/mol. The van der Waals surface area contributed by atoms with Crippen molar-refractivity contribution in [2.24, 2.45) is 11.8 Å². The van der Waals surface area contributed by atoms with Crippen molar-refractivity contribution in [1.29, 1.82) is 0 Å².